The van der Waals surface area contributed by atoms with Crippen LogP contribution >= 0.6 is 0 Å². The van der Waals surface area contributed by atoms with Gasteiger partial charge in [0.15, 0.2) is 0 Å². The number of carbonyl (C=O) groups is 1. The molecule has 0 fully saturated rings. The number of amides is 1. The number of carbonyl (C=O) groups excluding carboxylic acids is 1. The lowest BCUT2D eigenvalue weighted by Crippen LogP contribution is -2.57. The Morgan fingerprint density at radius 1 is 1.48 bits per heavy atom. The molecule has 6 nitrogen and oxygen atoms in total. The molecule has 0 aliphatic carbocycles. The molecule has 1 N–H and O–H groups in total. The summed E-state index contributed by atoms with van der Waals surface area (Å²) in [7, 11) is 0. The Bertz CT molecular complexity index is 596. The van der Waals surface area contributed by atoms with Crippen LogP contribution < -0.4 is 0 Å². The van der Waals surface area contributed by atoms with Gasteiger partial charge in [-0.1, -0.05) is 0 Å². The van der Waals surface area contributed by atoms with Crippen molar-refractivity contribution in [2.75, 3.05) is 0 Å². The van der Waals surface area contributed by atoms with E-state index in [-0.39, 0.29) is 10.7 Å². The molecule has 1 aromatic rings. The molecule has 21 heavy (non-hydrogen) atoms. The second kappa shape index (κ2) is 4.83. The monoisotopic (exact) mass is 304 g/mol. The van der Waals surface area contributed by atoms with E-state index in [1.807, 2.05) is 0 Å². The highest BCUT2D eigenvalue weighted by Crippen LogP contribution is 2.41. The maximum absolute atomic E-state index is 13.1. The van der Waals surface area contributed by atoms with Crippen molar-refractivity contribution in [2.24, 2.45) is 5.10 Å². The maximum atomic E-state index is 13.1. The molecule has 116 valence electrons. The van der Waals surface area contributed by atoms with Crippen LogP contribution in [0.25, 0.3) is 0 Å². The molecular weight excluding hydrogens is 289 g/mol. The van der Waals surface area contributed by atoms with Gasteiger partial charge < -0.3 is 5.11 Å². The number of hydrogen-bond acceptors (Lipinski definition) is 4. The zero-order valence-electron chi connectivity index (χ0n) is 11.7. The second-order valence-electron chi connectivity index (χ2n) is 5.09. The van der Waals surface area contributed by atoms with Gasteiger partial charge in [-0.3, -0.25) is 9.48 Å². The van der Waals surface area contributed by atoms with Crippen LogP contribution in [0.15, 0.2) is 17.4 Å². The molecule has 1 amide bonds. The normalized spacial score (nSPS) is 24.1. The van der Waals surface area contributed by atoms with Crippen molar-refractivity contribution >= 4 is 11.6 Å². The van der Waals surface area contributed by atoms with Crippen molar-refractivity contribution in [3.63, 3.8) is 0 Å². The van der Waals surface area contributed by atoms with Crippen molar-refractivity contribution in [2.45, 2.75) is 45.1 Å². The topological polar surface area (TPSA) is 70.7 Å². The van der Waals surface area contributed by atoms with Gasteiger partial charge >= 0.3 is 6.18 Å². The van der Waals surface area contributed by atoms with E-state index in [0.717, 1.165) is 0 Å². The van der Waals surface area contributed by atoms with E-state index >= 15 is 0 Å². The number of aliphatic hydroxyl groups is 1. The summed E-state index contributed by atoms with van der Waals surface area (Å²) in [5.41, 5.74) is -2.64. The molecule has 0 saturated carbocycles. The highest BCUT2D eigenvalue weighted by Gasteiger charge is 2.63. The van der Waals surface area contributed by atoms with Crippen LogP contribution in [0.4, 0.5) is 13.2 Å². The zero-order valence-corrected chi connectivity index (χ0v) is 11.7. The largest absolute Gasteiger partial charge is 0.438 e. The Kier molecular flexibility index (Phi) is 3.56. The van der Waals surface area contributed by atoms with Crippen LogP contribution in [0.5, 0.6) is 0 Å². The first kappa shape index (κ1) is 15.5. The number of aromatic nitrogens is 2. The number of aryl methyl sites for hydroxylation is 1. The first-order chi connectivity index (χ1) is 9.56. The summed E-state index contributed by atoms with van der Waals surface area (Å²) in [6, 6.07) is 0.611. The van der Waals surface area contributed by atoms with Gasteiger partial charge in [0.2, 0.25) is 0 Å². The lowest BCUT2D eigenvalue weighted by atomic mass is 10.1. The van der Waals surface area contributed by atoms with Gasteiger partial charge in [-0.05, 0) is 26.8 Å². The summed E-state index contributed by atoms with van der Waals surface area (Å²) < 4.78 is 40.4. The van der Waals surface area contributed by atoms with Gasteiger partial charge in [0.1, 0.15) is 6.04 Å². The van der Waals surface area contributed by atoms with Crippen LogP contribution in [-0.4, -0.2) is 43.4 Å². The fourth-order valence-electron chi connectivity index (χ4n) is 2.11. The summed E-state index contributed by atoms with van der Waals surface area (Å²) in [5.74, 6) is -0.977. The molecule has 2 rings (SSSR count). The number of alkyl halides is 3. The van der Waals surface area contributed by atoms with E-state index < -0.39 is 30.3 Å². The second-order valence-corrected chi connectivity index (χ2v) is 5.09. The van der Waals surface area contributed by atoms with E-state index in [1.54, 1.807) is 13.0 Å². The maximum Gasteiger partial charge on any atom is 0.438 e. The van der Waals surface area contributed by atoms with Gasteiger partial charge in [-0.25, -0.2) is 0 Å². The Hall–Kier alpha value is -1.90. The third kappa shape index (κ3) is 2.53. The molecule has 0 saturated heterocycles. The first-order valence-corrected chi connectivity index (χ1v) is 6.25. The molecule has 2 atom stereocenters. The quantitative estimate of drug-likeness (QED) is 0.902. The SMILES string of the molecule is CC1=NN(C(=O)[C@H](C)n2ccc(C)n2)[C@@](O)(C(F)(F)F)C1. The van der Waals surface area contributed by atoms with Crippen molar-refractivity contribution in [3.8, 4) is 0 Å². The smallest absolute Gasteiger partial charge is 0.362 e. The van der Waals surface area contributed by atoms with Crippen molar-refractivity contribution in [1.29, 1.82) is 0 Å². The predicted octanol–water partition coefficient (Wildman–Crippen LogP) is 1.61. The van der Waals surface area contributed by atoms with Crippen LogP contribution in [0.3, 0.4) is 0 Å². The number of hydrazone groups is 1. The average molecular weight is 304 g/mol. The number of nitrogens with zero attached hydrogens (tertiary/aromatic N) is 4. The molecule has 0 bridgehead atoms. The molecule has 1 aliphatic heterocycles. The Morgan fingerprint density at radius 3 is 2.57 bits per heavy atom. The zero-order chi connectivity index (χ0) is 16.0. The highest BCUT2D eigenvalue weighted by molar-refractivity contribution is 5.90. The molecule has 2 heterocycles. The van der Waals surface area contributed by atoms with Crippen LogP contribution in [0.2, 0.25) is 0 Å². The summed E-state index contributed by atoms with van der Waals surface area (Å²) in [6.07, 6.45) is -4.27. The van der Waals surface area contributed by atoms with E-state index in [9.17, 15) is 23.1 Å². The fourth-order valence-corrected chi connectivity index (χ4v) is 2.11. The third-order valence-corrected chi connectivity index (χ3v) is 3.28. The molecule has 0 unspecified atom stereocenters. The Labute approximate surface area is 118 Å². The van der Waals surface area contributed by atoms with E-state index in [1.165, 1.54) is 24.7 Å². The summed E-state index contributed by atoms with van der Waals surface area (Å²) in [5, 5.41) is 17.5. The summed E-state index contributed by atoms with van der Waals surface area (Å²) in [4.78, 5) is 12.3. The number of halogens is 3. The molecule has 9 heteroatoms. The van der Waals surface area contributed by atoms with Crippen molar-refractivity contribution < 1.29 is 23.1 Å². The minimum absolute atomic E-state index is 0.0343. The van der Waals surface area contributed by atoms with E-state index in [4.69, 9.17) is 0 Å². The Morgan fingerprint density at radius 2 is 2.10 bits per heavy atom. The lowest BCUT2D eigenvalue weighted by molar-refractivity contribution is -0.303. The van der Waals surface area contributed by atoms with Crippen molar-refractivity contribution in [3.05, 3.63) is 18.0 Å². The molecule has 0 radical (unpaired) electrons. The van der Waals surface area contributed by atoms with Gasteiger partial charge in [-0.15, -0.1) is 0 Å². The van der Waals surface area contributed by atoms with Crippen LogP contribution in [0.1, 0.15) is 32.0 Å². The molecule has 0 spiro atoms. The molecule has 1 aromatic heterocycles. The standard InChI is InChI=1S/C12H15F3N4O2/c1-7-4-5-18(16-7)9(3)10(20)19-11(21,12(13,14)15)6-8(2)17-19/h4-5,9,21H,6H2,1-3H3/t9-,11-/m0/s1. The summed E-state index contributed by atoms with van der Waals surface area (Å²) >= 11 is 0. The molecule has 0 aromatic carbocycles. The van der Waals surface area contributed by atoms with Gasteiger partial charge in [0.05, 0.1) is 5.69 Å². The minimum atomic E-state index is -5.00. The Balaban J connectivity index is 2.32. The molecular formula is C12H15F3N4O2. The first-order valence-electron chi connectivity index (χ1n) is 6.25. The lowest BCUT2D eigenvalue weighted by Gasteiger charge is -2.33. The minimum Gasteiger partial charge on any atom is -0.362 e. The van der Waals surface area contributed by atoms with Crippen LogP contribution in [-0.2, 0) is 4.79 Å². The third-order valence-electron chi connectivity index (χ3n) is 3.28. The average Bonchev–Trinajstić information content (AvgIpc) is 2.91. The predicted molar refractivity (Wildman–Crippen MR) is 67.3 cm³/mol. The van der Waals surface area contributed by atoms with E-state index in [0.29, 0.717) is 5.69 Å². The van der Waals surface area contributed by atoms with Gasteiger partial charge in [0.25, 0.3) is 11.6 Å². The molecule has 1 aliphatic rings. The van der Waals surface area contributed by atoms with Gasteiger partial charge in [-0.2, -0.15) is 28.4 Å². The van der Waals surface area contributed by atoms with Crippen molar-refractivity contribution in [1.82, 2.24) is 14.8 Å². The van der Waals surface area contributed by atoms with Gasteiger partial charge in [0, 0.05) is 18.3 Å². The fraction of sp³-hybridized carbons (Fsp3) is 0.583. The van der Waals surface area contributed by atoms with Crippen LogP contribution in [0, 0.1) is 6.92 Å². The van der Waals surface area contributed by atoms with E-state index in [2.05, 4.69) is 10.2 Å². The number of hydrogen-bond donors (Lipinski definition) is 1. The highest BCUT2D eigenvalue weighted by atomic mass is 19.4. The summed E-state index contributed by atoms with van der Waals surface area (Å²) in [6.45, 7) is 4.42. The number of rotatable bonds is 2.